The highest BCUT2D eigenvalue weighted by molar-refractivity contribution is 5.82. The molecular formula is C14H27N3O. The third kappa shape index (κ3) is 2.54. The van der Waals surface area contributed by atoms with Crippen molar-refractivity contribution in [3.8, 4) is 0 Å². The Morgan fingerprint density at radius 3 is 2.83 bits per heavy atom. The SMILES string of the molecule is CC[C@H](C)[C@H](N)C(=O)N1CC2CCCN2CC1C. The van der Waals surface area contributed by atoms with E-state index in [2.05, 4.69) is 25.7 Å². The molecule has 1 amide bonds. The van der Waals surface area contributed by atoms with E-state index in [1.807, 2.05) is 4.90 Å². The molecule has 2 aliphatic heterocycles. The van der Waals surface area contributed by atoms with Crippen molar-refractivity contribution in [2.24, 2.45) is 11.7 Å². The molecule has 0 aromatic carbocycles. The minimum atomic E-state index is -0.328. The summed E-state index contributed by atoms with van der Waals surface area (Å²) in [7, 11) is 0. The summed E-state index contributed by atoms with van der Waals surface area (Å²) in [5, 5.41) is 0. The van der Waals surface area contributed by atoms with Gasteiger partial charge >= 0.3 is 0 Å². The largest absolute Gasteiger partial charge is 0.336 e. The number of nitrogens with two attached hydrogens (primary N) is 1. The van der Waals surface area contributed by atoms with Gasteiger partial charge in [0.05, 0.1) is 6.04 Å². The predicted molar refractivity (Wildman–Crippen MR) is 73.2 cm³/mol. The number of nitrogens with zero attached hydrogens (tertiary/aromatic N) is 2. The van der Waals surface area contributed by atoms with Gasteiger partial charge in [-0.2, -0.15) is 0 Å². The average molecular weight is 253 g/mol. The van der Waals surface area contributed by atoms with Crippen molar-refractivity contribution in [2.75, 3.05) is 19.6 Å². The highest BCUT2D eigenvalue weighted by atomic mass is 16.2. The van der Waals surface area contributed by atoms with Crippen LogP contribution in [0.4, 0.5) is 0 Å². The maximum absolute atomic E-state index is 12.5. The molecule has 0 saturated carbocycles. The summed E-state index contributed by atoms with van der Waals surface area (Å²) in [5.74, 6) is 0.426. The molecule has 104 valence electrons. The number of amides is 1. The van der Waals surface area contributed by atoms with Crippen LogP contribution in [0.3, 0.4) is 0 Å². The molecule has 0 spiro atoms. The number of rotatable bonds is 3. The average Bonchev–Trinajstić information content (AvgIpc) is 2.82. The third-order valence-electron chi connectivity index (χ3n) is 4.76. The van der Waals surface area contributed by atoms with Crippen molar-refractivity contribution < 1.29 is 4.79 Å². The molecular weight excluding hydrogens is 226 g/mol. The van der Waals surface area contributed by atoms with Crippen molar-refractivity contribution >= 4 is 5.91 Å². The lowest BCUT2D eigenvalue weighted by molar-refractivity contribution is -0.139. The van der Waals surface area contributed by atoms with Crippen molar-refractivity contribution in [1.29, 1.82) is 0 Å². The Hall–Kier alpha value is -0.610. The smallest absolute Gasteiger partial charge is 0.240 e. The first-order valence-electron chi connectivity index (χ1n) is 7.34. The summed E-state index contributed by atoms with van der Waals surface area (Å²) in [5.41, 5.74) is 6.10. The van der Waals surface area contributed by atoms with Gasteiger partial charge in [0, 0.05) is 25.2 Å². The molecule has 2 fully saturated rings. The lowest BCUT2D eigenvalue weighted by Crippen LogP contribution is -2.60. The lowest BCUT2D eigenvalue weighted by Gasteiger charge is -2.43. The predicted octanol–water partition coefficient (Wildman–Crippen LogP) is 1.05. The van der Waals surface area contributed by atoms with E-state index < -0.39 is 0 Å². The molecule has 0 aromatic heterocycles. The molecule has 2 heterocycles. The zero-order valence-corrected chi connectivity index (χ0v) is 11.9. The number of carbonyl (C=O) groups excluding carboxylic acids is 1. The second-order valence-corrected chi connectivity index (χ2v) is 6.04. The summed E-state index contributed by atoms with van der Waals surface area (Å²) < 4.78 is 0. The van der Waals surface area contributed by atoms with E-state index in [-0.39, 0.29) is 17.9 Å². The monoisotopic (exact) mass is 253 g/mol. The quantitative estimate of drug-likeness (QED) is 0.818. The molecule has 0 aromatic rings. The first-order valence-corrected chi connectivity index (χ1v) is 7.34. The van der Waals surface area contributed by atoms with Crippen LogP contribution in [0.5, 0.6) is 0 Å². The highest BCUT2D eigenvalue weighted by Gasteiger charge is 2.38. The second-order valence-electron chi connectivity index (χ2n) is 6.04. The minimum Gasteiger partial charge on any atom is -0.336 e. The molecule has 2 aliphatic rings. The molecule has 2 unspecified atom stereocenters. The van der Waals surface area contributed by atoms with Crippen molar-refractivity contribution in [1.82, 2.24) is 9.80 Å². The van der Waals surface area contributed by atoms with Crippen LogP contribution in [-0.4, -0.2) is 53.5 Å². The Morgan fingerprint density at radius 1 is 1.44 bits per heavy atom. The lowest BCUT2D eigenvalue weighted by atomic mass is 9.97. The maximum Gasteiger partial charge on any atom is 0.240 e. The molecule has 0 radical (unpaired) electrons. The van der Waals surface area contributed by atoms with Crippen LogP contribution in [0, 0.1) is 5.92 Å². The van der Waals surface area contributed by atoms with Gasteiger partial charge < -0.3 is 10.6 Å². The fraction of sp³-hybridized carbons (Fsp3) is 0.929. The molecule has 4 nitrogen and oxygen atoms in total. The van der Waals surface area contributed by atoms with Gasteiger partial charge in [-0.05, 0) is 32.2 Å². The minimum absolute atomic E-state index is 0.156. The summed E-state index contributed by atoms with van der Waals surface area (Å²) in [4.78, 5) is 17.0. The van der Waals surface area contributed by atoms with Gasteiger partial charge in [-0.1, -0.05) is 20.3 Å². The highest BCUT2D eigenvalue weighted by Crippen LogP contribution is 2.25. The van der Waals surface area contributed by atoms with E-state index in [1.165, 1.54) is 19.4 Å². The fourth-order valence-electron chi connectivity index (χ4n) is 3.18. The number of hydrogen-bond acceptors (Lipinski definition) is 3. The molecule has 4 heteroatoms. The molecule has 2 saturated heterocycles. The molecule has 2 rings (SSSR count). The van der Waals surface area contributed by atoms with Crippen molar-refractivity contribution in [3.63, 3.8) is 0 Å². The summed E-state index contributed by atoms with van der Waals surface area (Å²) in [6, 6.07) is 0.557. The van der Waals surface area contributed by atoms with E-state index >= 15 is 0 Å². The second kappa shape index (κ2) is 5.57. The summed E-state index contributed by atoms with van der Waals surface area (Å²) >= 11 is 0. The summed E-state index contributed by atoms with van der Waals surface area (Å²) in [6.07, 6.45) is 3.47. The van der Waals surface area contributed by atoms with E-state index in [1.54, 1.807) is 0 Å². The number of fused-ring (bicyclic) bond motifs is 1. The van der Waals surface area contributed by atoms with Crippen LogP contribution in [-0.2, 0) is 4.79 Å². The Bertz CT molecular complexity index is 307. The maximum atomic E-state index is 12.5. The van der Waals surface area contributed by atoms with Gasteiger partial charge in [-0.15, -0.1) is 0 Å². The van der Waals surface area contributed by atoms with Gasteiger partial charge in [0.2, 0.25) is 5.91 Å². The Labute approximate surface area is 110 Å². The van der Waals surface area contributed by atoms with Crippen LogP contribution in [0.15, 0.2) is 0 Å². The zero-order chi connectivity index (χ0) is 13.3. The zero-order valence-electron chi connectivity index (χ0n) is 11.9. The van der Waals surface area contributed by atoms with Crippen LogP contribution in [0.25, 0.3) is 0 Å². The number of carbonyl (C=O) groups is 1. The Morgan fingerprint density at radius 2 is 2.17 bits per heavy atom. The molecule has 2 N–H and O–H groups in total. The topological polar surface area (TPSA) is 49.6 Å². The third-order valence-corrected chi connectivity index (χ3v) is 4.76. The fourth-order valence-corrected chi connectivity index (χ4v) is 3.18. The van der Waals surface area contributed by atoms with Crippen LogP contribution in [0.1, 0.15) is 40.0 Å². The first kappa shape index (κ1) is 13.8. The number of hydrogen-bond donors (Lipinski definition) is 1. The molecule has 4 atom stereocenters. The van der Waals surface area contributed by atoms with Gasteiger partial charge in [-0.3, -0.25) is 9.69 Å². The van der Waals surface area contributed by atoms with Gasteiger partial charge in [-0.25, -0.2) is 0 Å². The standard InChI is InChI=1S/C14H27N3O/c1-4-10(2)13(15)14(18)17-9-12-6-5-7-16(12)8-11(17)3/h10-13H,4-9,15H2,1-3H3/t10-,11?,12?,13-/m0/s1. The van der Waals surface area contributed by atoms with E-state index in [9.17, 15) is 4.79 Å². The van der Waals surface area contributed by atoms with Crippen LogP contribution >= 0.6 is 0 Å². The van der Waals surface area contributed by atoms with Crippen molar-refractivity contribution in [2.45, 2.75) is 58.2 Å². The first-order chi connectivity index (χ1) is 8.54. The van der Waals surface area contributed by atoms with Gasteiger partial charge in [0.25, 0.3) is 0 Å². The normalized spacial score (nSPS) is 32.1. The Kier molecular flexibility index (Phi) is 4.28. The van der Waals surface area contributed by atoms with Crippen LogP contribution < -0.4 is 5.73 Å². The van der Waals surface area contributed by atoms with Crippen LogP contribution in [0.2, 0.25) is 0 Å². The molecule has 18 heavy (non-hydrogen) atoms. The number of piperazine rings is 1. The summed E-state index contributed by atoms with van der Waals surface area (Å²) in [6.45, 7) is 9.41. The van der Waals surface area contributed by atoms with E-state index in [0.717, 1.165) is 19.5 Å². The van der Waals surface area contributed by atoms with Gasteiger partial charge in [0.15, 0.2) is 0 Å². The van der Waals surface area contributed by atoms with Gasteiger partial charge in [0.1, 0.15) is 0 Å². The van der Waals surface area contributed by atoms with E-state index in [0.29, 0.717) is 12.1 Å². The molecule has 0 aliphatic carbocycles. The van der Waals surface area contributed by atoms with Crippen molar-refractivity contribution in [3.05, 3.63) is 0 Å². The van der Waals surface area contributed by atoms with E-state index in [4.69, 9.17) is 5.73 Å². The molecule has 0 bridgehead atoms. The Balaban J connectivity index is 2.01.